The van der Waals surface area contributed by atoms with Crippen molar-refractivity contribution in [1.29, 1.82) is 0 Å². The summed E-state index contributed by atoms with van der Waals surface area (Å²) in [5.41, 5.74) is 23.8. The lowest BCUT2D eigenvalue weighted by Crippen LogP contribution is -2.41. The Bertz CT molecular complexity index is 2730. The molecule has 0 bridgehead atoms. The van der Waals surface area contributed by atoms with Gasteiger partial charge in [-0.25, -0.2) is 0 Å². The zero-order valence-corrected chi connectivity index (χ0v) is 46.4. The molecule has 9 rings (SSSR count). The maximum absolute atomic E-state index is 5.96. The first kappa shape index (κ1) is 58.6. The van der Waals surface area contributed by atoms with E-state index in [1.54, 1.807) is 6.21 Å². The van der Waals surface area contributed by atoms with Gasteiger partial charge < -0.3 is 20.8 Å². The SMILES string of the molecule is CC1(C)OB(C(C=NCc2ccccc2)=CN)OC1(C)C.CCCc1ccc(-c2cnn(Cc3ccccc3)c2)cc1.CCCc1ccc(Br)cc1.Cl.NCCc1ccc(-c2cnn(Cc3ccccc3)c2)cc1. The predicted molar refractivity (Wildman–Crippen MR) is 316 cm³/mol. The predicted octanol–water partition coefficient (Wildman–Crippen LogP) is 14.2. The summed E-state index contributed by atoms with van der Waals surface area (Å²) in [5.74, 6) is 0. The van der Waals surface area contributed by atoms with Crippen molar-refractivity contribution in [2.45, 2.75) is 104 Å². The van der Waals surface area contributed by atoms with E-state index in [0.29, 0.717) is 13.1 Å². The van der Waals surface area contributed by atoms with Crippen molar-refractivity contribution in [3.05, 3.63) is 238 Å². The van der Waals surface area contributed by atoms with E-state index >= 15 is 0 Å². The molecular weight excluding hydrogens is 1000 g/mol. The number of allylic oxidation sites excluding steroid dienone is 1. The molecule has 4 N–H and O–H groups in total. The molecule has 0 amide bonds. The van der Waals surface area contributed by atoms with Crippen LogP contribution in [0, 0.1) is 0 Å². The van der Waals surface area contributed by atoms with Gasteiger partial charge in [-0.1, -0.05) is 194 Å². The Morgan fingerprint density at radius 3 is 1.34 bits per heavy atom. The lowest BCUT2D eigenvalue weighted by Gasteiger charge is -2.32. The van der Waals surface area contributed by atoms with Crippen molar-refractivity contribution in [1.82, 2.24) is 19.6 Å². The van der Waals surface area contributed by atoms with E-state index in [-0.39, 0.29) is 23.6 Å². The molecule has 1 fully saturated rings. The second kappa shape index (κ2) is 30.1. The van der Waals surface area contributed by atoms with E-state index in [1.165, 1.54) is 70.0 Å². The van der Waals surface area contributed by atoms with Crippen molar-refractivity contribution >= 4 is 41.7 Å². The van der Waals surface area contributed by atoms with E-state index in [4.69, 9.17) is 20.8 Å². The Kier molecular flexibility index (Phi) is 23.8. The molecule has 0 saturated carbocycles. The minimum absolute atomic E-state index is 0. The molecule has 1 aliphatic heterocycles. The van der Waals surface area contributed by atoms with Gasteiger partial charge in [0.15, 0.2) is 0 Å². The van der Waals surface area contributed by atoms with Crippen molar-refractivity contribution in [3.8, 4) is 22.3 Å². The first-order valence-electron chi connectivity index (χ1n) is 25.5. The fourth-order valence-corrected chi connectivity index (χ4v) is 8.13. The minimum atomic E-state index is -0.473. The third-order valence-electron chi connectivity index (χ3n) is 12.7. The van der Waals surface area contributed by atoms with Crippen LogP contribution in [0.4, 0.5) is 0 Å². The highest BCUT2D eigenvalue weighted by Crippen LogP contribution is 2.38. The number of nitrogens with two attached hydrogens (primary N) is 2. The average Bonchev–Trinajstić information content (AvgIpc) is 4.13. The number of aryl methyl sites for hydroxylation is 2. The molecule has 386 valence electrons. The highest BCUT2D eigenvalue weighted by molar-refractivity contribution is 9.10. The quantitative estimate of drug-likeness (QED) is 0.0735. The Morgan fingerprint density at radius 2 is 0.946 bits per heavy atom. The van der Waals surface area contributed by atoms with Crippen molar-refractivity contribution in [2.75, 3.05) is 6.54 Å². The summed E-state index contributed by atoms with van der Waals surface area (Å²) >= 11 is 3.40. The summed E-state index contributed by atoms with van der Waals surface area (Å²) in [4.78, 5) is 4.42. The molecule has 0 spiro atoms. The number of halogens is 2. The molecule has 8 aromatic rings. The lowest BCUT2D eigenvalue weighted by molar-refractivity contribution is 0.00578. The number of hydrogen-bond acceptors (Lipinski definition) is 7. The van der Waals surface area contributed by atoms with Gasteiger partial charge in [-0.15, -0.1) is 12.4 Å². The van der Waals surface area contributed by atoms with Crippen molar-refractivity contribution in [3.63, 3.8) is 0 Å². The van der Waals surface area contributed by atoms with E-state index < -0.39 is 7.12 Å². The fraction of sp³-hybridized carbons (Fsp3) is 0.274. The van der Waals surface area contributed by atoms with Crippen LogP contribution in [0.5, 0.6) is 0 Å². The van der Waals surface area contributed by atoms with Gasteiger partial charge in [0.1, 0.15) is 0 Å². The van der Waals surface area contributed by atoms with Gasteiger partial charge in [0.2, 0.25) is 0 Å². The molecule has 1 aliphatic rings. The third kappa shape index (κ3) is 18.5. The van der Waals surface area contributed by atoms with E-state index in [1.807, 2.05) is 91.9 Å². The topological polar surface area (TPSA) is 118 Å². The molecule has 12 heteroatoms. The Hall–Kier alpha value is -6.34. The molecule has 0 unspecified atom stereocenters. The number of nitrogens with zero attached hydrogens (tertiary/aromatic N) is 5. The van der Waals surface area contributed by atoms with Crippen LogP contribution in [0.3, 0.4) is 0 Å². The molecule has 0 radical (unpaired) electrons. The second-order valence-electron chi connectivity index (χ2n) is 19.1. The van der Waals surface area contributed by atoms with Crippen LogP contribution >= 0.6 is 28.3 Å². The summed E-state index contributed by atoms with van der Waals surface area (Å²) < 4.78 is 17.0. The molecule has 0 aliphatic carbocycles. The molecule has 2 aromatic heterocycles. The van der Waals surface area contributed by atoms with Gasteiger partial charge in [0.25, 0.3) is 0 Å². The van der Waals surface area contributed by atoms with Gasteiger partial charge in [-0.3, -0.25) is 14.4 Å². The second-order valence-corrected chi connectivity index (χ2v) is 20.0. The smallest absolute Gasteiger partial charge is 0.405 e. The van der Waals surface area contributed by atoms with Crippen LogP contribution in [0.2, 0.25) is 0 Å². The van der Waals surface area contributed by atoms with E-state index in [9.17, 15) is 0 Å². The van der Waals surface area contributed by atoms with Crippen LogP contribution < -0.4 is 11.5 Å². The standard InChI is InChI=1S/C19H20N2.C18H19N3.C16H23BN2O2.C9H11Br.ClH/c1-2-6-16-9-11-18(12-10-16)19-13-20-21(15-19)14-17-7-4-3-5-8-17;19-11-10-15-6-8-17(9-7-15)18-12-20-21(14-18)13-16-4-2-1-3-5-16;1-15(2)16(3,4)21-17(20-15)14(10-18)12-19-11-13-8-6-5-7-9-13;1-2-3-8-4-6-9(10)7-5-8;/h3-5,7-13,15H,2,6,14H2,1H3;1-9,12,14H,10-11,13,19H2;5-10,12H,11,18H2,1-4H3;4-7H,2-3H2,1H3;1H. The highest BCUT2D eigenvalue weighted by Gasteiger charge is 2.52. The number of aromatic nitrogens is 4. The Labute approximate surface area is 455 Å². The summed E-state index contributed by atoms with van der Waals surface area (Å²) in [6.45, 7) is 15.4. The molecular formula is C62H74BBrClN7O2. The van der Waals surface area contributed by atoms with Crippen LogP contribution in [0.15, 0.2) is 210 Å². The first-order chi connectivity index (χ1) is 35.4. The lowest BCUT2D eigenvalue weighted by atomic mass is 9.79. The zero-order valence-electron chi connectivity index (χ0n) is 44.0. The van der Waals surface area contributed by atoms with E-state index in [0.717, 1.165) is 47.0 Å². The van der Waals surface area contributed by atoms with Gasteiger partial charge in [-0.05, 0) is 116 Å². The minimum Gasteiger partial charge on any atom is -0.405 e. The van der Waals surface area contributed by atoms with Crippen LogP contribution in [0.1, 0.15) is 87.8 Å². The molecule has 74 heavy (non-hydrogen) atoms. The van der Waals surface area contributed by atoms with Gasteiger partial charge in [-0.2, -0.15) is 10.2 Å². The monoisotopic (exact) mass is 1070 g/mol. The van der Waals surface area contributed by atoms with Crippen molar-refractivity contribution < 1.29 is 9.31 Å². The number of rotatable bonds is 16. The first-order valence-corrected chi connectivity index (χ1v) is 26.2. The summed E-state index contributed by atoms with van der Waals surface area (Å²) in [5, 5.41) is 8.91. The zero-order chi connectivity index (χ0) is 51.9. The van der Waals surface area contributed by atoms with Crippen LogP contribution in [-0.4, -0.2) is 50.6 Å². The normalized spacial score (nSPS) is 13.4. The number of hydrogen-bond donors (Lipinski definition) is 2. The summed E-state index contributed by atoms with van der Waals surface area (Å²) in [6.07, 6.45) is 17.0. The Balaban J connectivity index is 0.000000187. The van der Waals surface area contributed by atoms with Crippen molar-refractivity contribution in [2.24, 2.45) is 16.5 Å². The Morgan fingerprint density at radius 1 is 0.554 bits per heavy atom. The maximum Gasteiger partial charge on any atom is 0.497 e. The summed E-state index contributed by atoms with van der Waals surface area (Å²) in [6, 6.07) is 56.7. The largest absolute Gasteiger partial charge is 0.497 e. The highest BCUT2D eigenvalue weighted by atomic mass is 79.9. The average molecular weight is 1080 g/mol. The molecule has 1 saturated heterocycles. The van der Waals surface area contributed by atoms with E-state index in [2.05, 4.69) is 179 Å². The fourth-order valence-electron chi connectivity index (χ4n) is 7.86. The third-order valence-corrected chi connectivity index (χ3v) is 13.2. The van der Waals surface area contributed by atoms with Gasteiger partial charge >= 0.3 is 7.12 Å². The number of aliphatic imine (C=N–C) groups is 1. The molecule has 9 nitrogen and oxygen atoms in total. The molecule has 6 aromatic carbocycles. The van der Waals surface area contributed by atoms with Crippen LogP contribution in [0.25, 0.3) is 22.3 Å². The number of benzene rings is 6. The molecule has 0 atom stereocenters. The van der Waals surface area contributed by atoms with Gasteiger partial charge in [0.05, 0.1) is 43.2 Å². The summed E-state index contributed by atoms with van der Waals surface area (Å²) in [7, 11) is -0.473. The maximum atomic E-state index is 5.96. The van der Waals surface area contributed by atoms with Gasteiger partial charge in [0, 0.05) is 39.7 Å². The van der Waals surface area contributed by atoms with Crippen LogP contribution in [-0.2, 0) is 48.2 Å². The molecule has 3 heterocycles.